The molecule has 2 rings (SSSR count). The van der Waals surface area contributed by atoms with Crippen molar-refractivity contribution in [3.63, 3.8) is 0 Å². The largest absolute Gasteiger partial charge is 0.362 e. The Labute approximate surface area is 84.7 Å². The minimum Gasteiger partial charge on any atom is -0.362 e. The second kappa shape index (κ2) is 3.20. The van der Waals surface area contributed by atoms with Crippen molar-refractivity contribution in [3.8, 4) is 0 Å². The average Bonchev–Trinajstić information content (AvgIpc) is 2.46. The number of nitrogens with zero attached hydrogens (tertiary/aromatic N) is 1. The van der Waals surface area contributed by atoms with Crippen LogP contribution in [0.5, 0.6) is 0 Å². The van der Waals surface area contributed by atoms with Crippen LogP contribution < -0.4 is 4.90 Å². The summed E-state index contributed by atoms with van der Waals surface area (Å²) in [5, 5.41) is 0. The summed E-state index contributed by atoms with van der Waals surface area (Å²) in [6.07, 6.45) is 0.982. The number of halogens is 2. The lowest BCUT2D eigenvalue weighted by molar-refractivity contribution is 0.626. The van der Waals surface area contributed by atoms with Crippen LogP contribution in [0.2, 0.25) is 0 Å². The first kappa shape index (κ1) is 8.29. The Morgan fingerprint density at radius 2 is 2.33 bits per heavy atom. The second-order valence-corrected chi connectivity index (χ2v) is 3.59. The van der Waals surface area contributed by atoms with E-state index in [9.17, 15) is 4.39 Å². The highest BCUT2D eigenvalue weighted by Gasteiger charge is 2.17. The van der Waals surface area contributed by atoms with Crippen LogP contribution in [0.3, 0.4) is 0 Å². The lowest BCUT2D eigenvalue weighted by Gasteiger charge is -2.14. The quantitative estimate of drug-likeness (QED) is 0.433. The molecule has 0 atom stereocenters. The molecule has 0 aromatic heterocycles. The van der Waals surface area contributed by atoms with Crippen LogP contribution in [0.4, 0.5) is 10.1 Å². The molecule has 0 fully saturated rings. The third-order valence-corrected chi connectivity index (χ3v) is 3.00. The van der Waals surface area contributed by atoms with Crippen molar-refractivity contribution in [2.75, 3.05) is 16.0 Å². The van der Waals surface area contributed by atoms with E-state index in [0.717, 1.165) is 23.1 Å². The monoisotopic (exact) mass is 277 g/mol. The predicted octanol–water partition coefficient (Wildman–Crippen LogP) is 2.58. The van der Waals surface area contributed by atoms with E-state index in [0.29, 0.717) is 0 Å². The minimum absolute atomic E-state index is 0.121. The summed E-state index contributed by atoms with van der Waals surface area (Å²) in [7, 11) is 0. The number of rotatable bonds is 1. The van der Waals surface area contributed by atoms with Crippen LogP contribution in [-0.2, 0) is 6.42 Å². The highest BCUT2D eigenvalue weighted by atomic mass is 127. The van der Waals surface area contributed by atoms with Gasteiger partial charge >= 0.3 is 0 Å². The summed E-state index contributed by atoms with van der Waals surface area (Å²) < 4.78 is 13.8. The Balaban J connectivity index is 2.40. The maximum Gasteiger partial charge on any atom is 0.123 e. The van der Waals surface area contributed by atoms with E-state index in [2.05, 4.69) is 27.5 Å². The van der Waals surface area contributed by atoms with Gasteiger partial charge in [0.05, 0.1) is 4.55 Å². The molecule has 1 nitrogen and oxygen atoms in total. The van der Waals surface area contributed by atoms with Gasteiger partial charge in [-0.25, -0.2) is 4.39 Å². The number of benzene rings is 1. The van der Waals surface area contributed by atoms with Crippen LogP contribution in [0.15, 0.2) is 18.2 Å². The molecule has 1 aliphatic rings. The van der Waals surface area contributed by atoms with Gasteiger partial charge in [0.2, 0.25) is 0 Å². The molecule has 1 heterocycles. The molecule has 0 spiro atoms. The summed E-state index contributed by atoms with van der Waals surface area (Å²) in [5.74, 6) is -0.121. The molecule has 1 aromatic rings. The number of alkyl halides is 1. The van der Waals surface area contributed by atoms with Crippen LogP contribution in [0.1, 0.15) is 5.56 Å². The lowest BCUT2D eigenvalue weighted by atomic mass is 10.2. The molecule has 0 bridgehead atoms. The zero-order valence-corrected chi connectivity index (χ0v) is 8.71. The first-order chi connectivity index (χ1) is 5.81. The van der Waals surface area contributed by atoms with Gasteiger partial charge in [0.15, 0.2) is 0 Å². The normalized spacial score (nSPS) is 15.0. The molecular formula is C9H9FIN. The summed E-state index contributed by atoms with van der Waals surface area (Å²) in [6, 6.07) is 5.04. The van der Waals surface area contributed by atoms with Gasteiger partial charge in [0, 0.05) is 12.2 Å². The maximum atomic E-state index is 12.8. The van der Waals surface area contributed by atoms with Gasteiger partial charge in [0.1, 0.15) is 5.82 Å². The molecule has 0 aliphatic carbocycles. The van der Waals surface area contributed by atoms with Crippen molar-refractivity contribution in [1.82, 2.24) is 0 Å². The molecule has 64 valence electrons. The predicted molar refractivity (Wildman–Crippen MR) is 56.3 cm³/mol. The van der Waals surface area contributed by atoms with Crippen molar-refractivity contribution in [2.45, 2.75) is 6.42 Å². The highest BCUT2D eigenvalue weighted by molar-refractivity contribution is 14.1. The Hall–Kier alpha value is -0.320. The number of anilines is 1. The standard InChI is InChI=1S/C9H9FIN/c10-8-1-2-9-7(5-8)3-4-12(9)6-11/h1-2,5H,3-4,6H2. The van der Waals surface area contributed by atoms with Crippen molar-refractivity contribution in [3.05, 3.63) is 29.6 Å². The van der Waals surface area contributed by atoms with Gasteiger partial charge in [0.25, 0.3) is 0 Å². The van der Waals surface area contributed by atoms with Gasteiger partial charge in [-0.05, 0) is 30.2 Å². The van der Waals surface area contributed by atoms with Crippen molar-refractivity contribution in [1.29, 1.82) is 0 Å². The smallest absolute Gasteiger partial charge is 0.123 e. The first-order valence-corrected chi connectivity index (χ1v) is 5.43. The Morgan fingerprint density at radius 1 is 1.50 bits per heavy atom. The summed E-state index contributed by atoms with van der Waals surface area (Å²) in [5.41, 5.74) is 2.34. The van der Waals surface area contributed by atoms with E-state index < -0.39 is 0 Å². The first-order valence-electron chi connectivity index (χ1n) is 3.90. The number of fused-ring (bicyclic) bond motifs is 1. The SMILES string of the molecule is Fc1ccc2c(c1)CCN2CI. The molecule has 1 aliphatic heterocycles. The maximum absolute atomic E-state index is 12.8. The molecule has 3 heteroatoms. The third kappa shape index (κ3) is 1.30. The Bertz CT molecular complexity index is 301. The fourth-order valence-electron chi connectivity index (χ4n) is 1.56. The molecule has 1 aromatic carbocycles. The zero-order valence-electron chi connectivity index (χ0n) is 6.56. The van der Waals surface area contributed by atoms with Crippen molar-refractivity contribution < 1.29 is 4.39 Å². The van der Waals surface area contributed by atoms with Crippen LogP contribution in [0, 0.1) is 5.82 Å². The fraction of sp³-hybridized carbons (Fsp3) is 0.333. The second-order valence-electron chi connectivity index (χ2n) is 2.91. The zero-order chi connectivity index (χ0) is 8.55. The van der Waals surface area contributed by atoms with E-state index in [1.165, 1.54) is 11.8 Å². The summed E-state index contributed by atoms with van der Waals surface area (Å²) >= 11 is 2.33. The number of hydrogen-bond acceptors (Lipinski definition) is 1. The molecule has 0 unspecified atom stereocenters. The average molecular weight is 277 g/mol. The van der Waals surface area contributed by atoms with Crippen molar-refractivity contribution in [2.24, 2.45) is 0 Å². The molecular weight excluding hydrogens is 268 g/mol. The van der Waals surface area contributed by atoms with Gasteiger partial charge in [-0.3, -0.25) is 0 Å². The minimum atomic E-state index is -0.121. The Kier molecular flexibility index (Phi) is 2.21. The summed E-state index contributed by atoms with van der Waals surface area (Å²) in [6.45, 7) is 1.03. The highest BCUT2D eigenvalue weighted by Crippen LogP contribution is 2.28. The van der Waals surface area contributed by atoms with Gasteiger partial charge in [-0.2, -0.15) is 0 Å². The van der Waals surface area contributed by atoms with Gasteiger partial charge in [-0.15, -0.1) is 0 Å². The third-order valence-electron chi connectivity index (χ3n) is 2.18. The van der Waals surface area contributed by atoms with E-state index in [1.807, 2.05) is 6.07 Å². The van der Waals surface area contributed by atoms with Crippen LogP contribution in [0.25, 0.3) is 0 Å². The molecule has 0 saturated heterocycles. The topological polar surface area (TPSA) is 3.24 Å². The lowest BCUT2D eigenvalue weighted by Crippen LogP contribution is -2.17. The van der Waals surface area contributed by atoms with Crippen LogP contribution in [-0.4, -0.2) is 11.1 Å². The fourth-order valence-corrected chi connectivity index (χ4v) is 2.27. The van der Waals surface area contributed by atoms with E-state index in [1.54, 1.807) is 6.07 Å². The number of hydrogen-bond donors (Lipinski definition) is 0. The Morgan fingerprint density at radius 3 is 3.08 bits per heavy atom. The molecule has 0 saturated carbocycles. The van der Waals surface area contributed by atoms with E-state index >= 15 is 0 Å². The summed E-state index contributed by atoms with van der Waals surface area (Å²) in [4.78, 5) is 2.26. The molecule has 0 amide bonds. The van der Waals surface area contributed by atoms with Gasteiger partial charge in [-0.1, -0.05) is 22.6 Å². The van der Waals surface area contributed by atoms with Gasteiger partial charge < -0.3 is 4.90 Å². The molecule has 0 radical (unpaired) electrons. The molecule has 0 N–H and O–H groups in total. The van der Waals surface area contributed by atoms with Crippen molar-refractivity contribution >= 4 is 28.3 Å². The van der Waals surface area contributed by atoms with E-state index in [4.69, 9.17) is 0 Å². The van der Waals surface area contributed by atoms with Crippen LogP contribution >= 0.6 is 22.6 Å². The molecule has 12 heavy (non-hydrogen) atoms. The van der Waals surface area contributed by atoms with E-state index in [-0.39, 0.29) is 5.82 Å².